The highest BCUT2D eigenvalue weighted by atomic mass is 16.3. The number of allylic oxidation sites excluding steroid dienone is 1. The average molecular weight is 185 g/mol. The van der Waals surface area contributed by atoms with Gasteiger partial charge < -0.3 is 10.4 Å². The van der Waals surface area contributed by atoms with Gasteiger partial charge in [-0.05, 0) is 40.2 Å². The molecule has 0 saturated heterocycles. The van der Waals surface area contributed by atoms with Crippen LogP contribution in [0.1, 0.15) is 34.1 Å². The van der Waals surface area contributed by atoms with Crippen molar-refractivity contribution >= 4 is 5.91 Å². The van der Waals surface area contributed by atoms with E-state index in [4.69, 9.17) is 5.11 Å². The number of rotatable bonds is 4. The third-order valence-corrected chi connectivity index (χ3v) is 1.59. The predicted octanol–water partition coefficient (Wildman–Crippen LogP) is 1.23. The van der Waals surface area contributed by atoms with Crippen LogP contribution in [0.2, 0.25) is 0 Å². The number of carbonyl (C=O) groups is 1. The van der Waals surface area contributed by atoms with E-state index in [-0.39, 0.29) is 11.4 Å². The Kier molecular flexibility index (Phi) is 4.70. The molecular formula is C10H19NO2. The zero-order valence-electron chi connectivity index (χ0n) is 8.79. The predicted molar refractivity (Wildman–Crippen MR) is 53.3 cm³/mol. The molecule has 76 valence electrons. The summed E-state index contributed by atoms with van der Waals surface area (Å²) in [7, 11) is 0. The van der Waals surface area contributed by atoms with Gasteiger partial charge in [-0.1, -0.05) is 6.08 Å². The molecule has 0 saturated carbocycles. The molecule has 0 aromatic carbocycles. The smallest absolute Gasteiger partial charge is 0.244 e. The molecule has 1 amide bonds. The third kappa shape index (κ3) is 6.34. The summed E-state index contributed by atoms with van der Waals surface area (Å²) in [5.41, 5.74) is -0.356. The molecule has 0 spiro atoms. The molecule has 0 rings (SSSR count). The van der Waals surface area contributed by atoms with Gasteiger partial charge in [-0.25, -0.2) is 0 Å². The molecule has 0 fully saturated rings. The van der Waals surface area contributed by atoms with Gasteiger partial charge in [0, 0.05) is 5.54 Å². The number of carbonyl (C=O) groups excluding carboxylic acids is 1. The molecule has 0 bridgehead atoms. The number of amides is 1. The van der Waals surface area contributed by atoms with Crippen LogP contribution in [0.3, 0.4) is 0 Å². The van der Waals surface area contributed by atoms with Gasteiger partial charge in [0.25, 0.3) is 0 Å². The lowest BCUT2D eigenvalue weighted by Gasteiger charge is -2.26. The highest BCUT2D eigenvalue weighted by molar-refractivity contribution is 5.87. The van der Waals surface area contributed by atoms with Gasteiger partial charge in [0.2, 0.25) is 5.91 Å². The fourth-order valence-corrected chi connectivity index (χ4v) is 1.32. The first-order valence-electron chi connectivity index (χ1n) is 4.50. The summed E-state index contributed by atoms with van der Waals surface area (Å²) < 4.78 is 0. The lowest BCUT2D eigenvalue weighted by atomic mass is 9.97. The summed E-state index contributed by atoms with van der Waals surface area (Å²) in [6.07, 6.45) is 3.31. The van der Waals surface area contributed by atoms with Crippen molar-refractivity contribution < 1.29 is 9.90 Å². The maximum atomic E-state index is 11.2. The first kappa shape index (κ1) is 12.2. The fraction of sp³-hybridized carbons (Fsp3) is 0.700. The van der Waals surface area contributed by atoms with Crippen molar-refractivity contribution in [2.75, 3.05) is 0 Å². The molecule has 0 radical (unpaired) electrons. The van der Waals surface area contributed by atoms with Crippen LogP contribution < -0.4 is 5.32 Å². The minimum absolute atomic E-state index is 0.117. The van der Waals surface area contributed by atoms with E-state index in [0.29, 0.717) is 6.42 Å². The van der Waals surface area contributed by atoms with Gasteiger partial charge in [-0.3, -0.25) is 4.79 Å². The van der Waals surface area contributed by atoms with Crippen LogP contribution in [0.15, 0.2) is 12.2 Å². The maximum Gasteiger partial charge on any atom is 0.244 e. The summed E-state index contributed by atoms with van der Waals surface area (Å²) >= 11 is 0. The van der Waals surface area contributed by atoms with E-state index in [1.54, 1.807) is 19.9 Å². The molecule has 2 N–H and O–H groups in total. The third-order valence-electron chi connectivity index (χ3n) is 1.59. The molecule has 1 unspecified atom stereocenters. The minimum atomic E-state index is -0.402. The summed E-state index contributed by atoms with van der Waals surface area (Å²) in [6, 6.07) is 0. The fourth-order valence-electron chi connectivity index (χ4n) is 1.32. The Labute approximate surface area is 79.8 Å². The number of aliphatic hydroxyl groups excluding tert-OH is 1. The Morgan fingerprint density at radius 1 is 1.62 bits per heavy atom. The van der Waals surface area contributed by atoms with E-state index in [9.17, 15) is 4.79 Å². The summed E-state index contributed by atoms with van der Waals surface area (Å²) in [5, 5.41) is 12.0. The molecule has 0 aromatic heterocycles. The average Bonchev–Trinajstić information content (AvgIpc) is 1.81. The van der Waals surface area contributed by atoms with Crippen molar-refractivity contribution in [1.29, 1.82) is 0 Å². The van der Waals surface area contributed by atoms with E-state index in [1.165, 1.54) is 6.08 Å². The zero-order chi connectivity index (χ0) is 10.5. The van der Waals surface area contributed by atoms with E-state index < -0.39 is 6.10 Å². The van der Waals surface area contributed by atoms with Gasteiger partial charge in [0.1, 0.15) is 0 Å². The van der Waals surface area contributed by atoms with Crippen LogP contribution in [0, 0.1) is 0 Å². The Bertz CT molecular complexity index is 195. The highest BCUT2D eigenvalue weighted by Gasteiger charge is 2.20. The zero-order valence-corrected chi connectivity index (χ0v) is 8.79. The molecule has 0 aliphatic rings. The van der Waals surface area contributed by atoms with Gasteiger partial charge in [-0.15, -0.1) is 0 Å². The maximum absolute atomic E-state index is 11.2. The molecule has 3 nitrogen and oxygen atoms in total. The van der Waals surface area contributed by atoms with Crippen molar-refractivity contribution in [1.82, 2.24) is 5.32 Å². The number of hydrogen-bond donors (Lipinski definition) is 2. The molecule has 0 aromatic rings. The Balaban J connectivity index is 4.08. The monoisotopic (exact) mass is 185 g/mol. The molecule has 0 heterocycles. The first-order valence-corrected chi connectivity index (χ1v) is 4.50. The molecule has 0 aliphatic heterocycles. The highest BCUT2D eigenvalue weighted by Crippen LogP contribution is 2.10. The van der Waals surface area contributed by atoms with Crippen LogP contribution in [-0.4, -0.2) is 22.7 Å². The standard InChI is InChI=1S/C10H19NO2/c1-5-6-9(13)11-10(3,4)7-8(2)12/h5-6,8,12H,7H2,1-4H3,(H,11,13). The Hall–Kier alpha value is -0.830. The van der Waals surface area contributed by atoms with Crippen LogP contribution in [0.4, 0.5) is 0 Å². The first-order chi connectivity index (χ1) is 5.87. The molecule has 0 aliphatic carbocycles. The Morgan fingerprint density at radius 3 is 2.54 bits per heavy atom. The largest absolute Gasteiger partial charge is 0.393 e. The molecular weight excluding hydrogens is 166 g/mol. The molecule has 13 heavy (non-hydrogen) atoms. The summed E-state index contributed by atoms with van der Waals surface area (Å²) in [6.45, 7) is 7.28. The van der Waals surface area contributed by atoms with Crippen molar-refractivity contribution in [3.8, 4) is 0 Å². The SMILES string of the molecule is CC=CC(=O)NC(C)(C)CC(C)O. The summed E-state index contributed by atoms with van der Waals surface area (Å²) in [5.74, 6) is -0.117. The second-order valence-electron chi connectivity index (χ2n) is 3.93. The molecule has 1 atom stereocenters. The van der Waals surface area contributed by atoms with E-state index in [2.05, 4.69) is 5.32 Å². The van der Waals surface area contributed by atoms with Crippen molar-refractivity contribution in [3.63, 3.8) is 0 Å². The van der Waals surface area contributed by atoms with E-state index in [0.717, 1.165) is 0 Å². The van der Waals surface area contributed by atoms with Crippen molar-refractivity contribution in [2.24, 2.45) is 0 Å². The second kappa shape index (κ2) is 5.02. The molecule has 3 heteroatoms. The number of aliphatic hydroxyl groups is 1. The van der Waals surface area contributed by atoms with E-state index in [1.807, 2.05) is 13.8 Å². The van der Waals surface area contributed by atoms with Gasteiger partial charge >= 0.3 is 0 Å². The van der Waals surface area contributed by atoms with Gasteiger partial charge in [0.15, 0.2) is 0 Å². The lowest BCUT2D eigenvalue weighted by Crippen LogP contribution is -2.44. The van der Waals surface area contributed by atoms with Crippen LogP contribution in [0.25, 0.3) is 0 Å². The quantitative estimate of drug-likeness (QED) is 0.647. The van der Waals surface area contributed by atoms with Crippen LogP contribution in [-0.2, 0) is 4.79 Å². The van der Waals surface area contributed by atoms with Gasteiger partial charge in [0.05, 0.1) is 6.10 Å². The second-order valence-corrected chi connectivity index (χ2v) is 3.93. The van der Waals surface area contributed by atoms with Crippen molar-refractivity contribution in [3.05, 3.63) is 12.2 Å². The normalized spacial score (nSPS) is 14.5. The van der Waals surface area contributed by atoms with Crippen LogP contribution >= 0.6 is 0 Å². The van der Waals surface area contributed by atoms with E-state index >= 15 is 0 Å². The Morgan fingerprint density at radius 2 is 2.15 bits per heavy atom. The summed E-state index contributed by atoms with van der Waals surface area (Å²) in [4.78, 5) is 11.2. The minimum Gasteiger partial charge on any atom is -0.393 e. The van der Waals surface area contributed by atoms with Crippen molar-refractivity contribution in [2.45, 2.75) is 45.8 Å². The number of hydrogen-bond acceptors (Lipinski definition) is 2. The lowest BCUT2D eigenvalue weighted by molar-refractivity contribution is -0.118. The van der Waals surface area contributed by atoms with Crippen LogP contribution in [0.5, 0.6) is 0 Å². The topological polar surface area (TPSA) is 49.3 Å². The van der Waals surface area contributed by atoms with Gasteiger partial charge in [-0.2, -0.15) is 0 Å². The number of nitrogens with one attached hydrogen (secondary N) is 1.